The predicted octanol–water partition coefficient (Wildman–Crippen LogP) is 0.528. The summed E-state index contributed by atoms with van der Waals surface area (Å²) in [4.78, 5) is 16.9. The number of β-amino-alcohol motifs (C(OH)–C–C–N with tert-alkyl or cyclic N) is 1. The van der Waals surface area contributed by atoms with E-state index in [1.54, 1.807) is 9.58 Å². The normalized spacial score (nSPS) is 25.1. The molecule has 1 N–H and O–H groups in total. The molecule has 25 heavy (non-hydrogen) atoms. The number of carbonyl (C=O) groups excluding carboxylic acids is 1. The number of hydrogen-bond donors (Lipinski definition) is 1. The van der Waals surface area contributed by atoms with Crippen LogP contribution < -0.4 is 0 Å². The molecule has 1 aromatic rings. The maximum absolute atomic E-state index is 12.9. The largest absolute Gasteiger partial charge is 0.387 e. The van der Waals surface area contributed by atoms with Gasteiger partial charge in [0.15, 0.2) is 0 Å². The zero-order chi connectivity index (χ0) is 18.0. The second-order valence-electron chi connectivity index (χ2n) is 7.83. The average molecular weight is 350 g/mol. The van der Waals surface area contributed by atoms with Crippen molar-refractivity contribution in [1.29, 1.82) is 0 Å². The quantitative estimate of drug-likeness (QED) is 0.839. The van der Waals surface area contributed by atoms with Gasteiger partial charge in [-0.1, -0.05) is 13.8 Å². The first-order chi connectivity index (χ1) is 11.9. The highest BCUT2D eigenvalue weighted by molar-refractivity contribution is 5.93. The molecule has 0 aromatic carbocycles. The molecule has 2 fully saturated rings. The number of aliphatic hydroxyl groups is 1. The fourth-order valence-corrected chi connectivity index (χ4v) is 3.74. The second kappa shape index (κ2) is 7.43. The Morgan fingerprint density at radius 2 is 2.08 bits per heavy atom. The summed E-state index contributed by atoms with van der Waals surface area (Å²) in [6, 6.07) is 1.89. The van der Waals surface area contributed by atoms with E-state index in [2.05, 4.69) is 23.8 Å². The lowest BCUT2D eigenvalue weighted by atomic mass is 10.0. The van der Waals surface area contributed by atoms with Crippen molar-refractivity contribution in [3.63, 3.8) is 0 Å². The number of likely N-dealkylation sites (tertiary alicyclic amines) is 1. The van der Waals surface area contributed by atoms with Crippen LogP contribution >= 0.6 is 0 Å². The number of amides is 1. The standard InChI is InChI=1S/C18H30N4O3/c1-14(2)10-15-11-16(20(3)19-15)17(23)22-5-4-18(24,13-22)12-21-6-8-25-9-7-21/h11,14,24H,4-10,12-13H2,1-3H3. The number of aryl methyl sites for hydroxylation is 1. The van der Waals surface area contributed by atoms with Gasteiger partial charge < -0.3 is 14.7 Å². The Labute approximate surface area is 149 Å². The molecule has 7 heteroatoms. The van der Waals surface area contributed by atoms with Gasteiger partial charge in [0.1, 0.15) is 5.69 Å². The topological polar surface area (TPSA) is 70.8 Å². The third-order valence-electron chi connectivity index (χ3n) is 5.01. The predicted molar refractivity (Wildman–Crippen MR) is 94.5 cm³/mol. The van der Waals surface area contributed by atoms with Gasteiger partial charge in [0.2, 0.25) is 0 Å². The van der Waals surface area contributed by atoms with Crippen molar-refractivity contribution < 1.29 is 14.6 Å². The minimum Gasteiger partial charge on any atom is -0.387 e. The third kappa shape index (κ3) is 4.40. The smallest absolute Gasteiger partial charge is 0.272 e. The Hall–Kier alpha value is -1.44. The number of aromatic nitrogens is 2. The Morgan fingerprint density at radius 3 is 2.76 bits per heavy atom. The van der Waals surface area contributed by atoms with E-state index in [0.717, 1.165) is 25.2 Å². The molecule has 7 nitrogen and oxygen atoms in total. The van der Waals surface area contributed by atoms with Crippen molar-refractivity contribution in [2.24, 2.45) is 13.0 Å². The van der Waals surface area contributed by atoms with Gasteiger partial charge in [0.05, 0.1) is 31.1 Å². The van der Waals surface area contributed by atoms with E-state index >= 15 is 0 Å². The molecule has 2 aliphatic heterocycles. The summed E-state index contributed by atoms with van der Waals surface area (Å²) in [5, 5.41) is 15.4. The lowest BCUT2D eigenvalue weighted by Crippen LogP contribution is -2.49. The molecule has 140 valence electrons. The van der Waals surface area contributed by atoms with E-state index in [4.69, 9.17) is 4.74 Å². The highest BCUT2D eigenvalue weighted by Gasteiger charge is 2.40. The fourth-order valence-electron chi connectivity index (χ4n) is 3.74. The maximum Gasteiger partial charge on any atom is 0.272 e. The molecule has 3 rings (SSSR count). The number of carbonyl (C=O) groups is 1. The number of ether oxygens (including phenoxy) is 1. The van der Waals surface area contributed by atoms with Crippen LogP contribution in [0.3, 0.4) is 0 Å². The summed E-state index contributed by atoms with van der Waals surface area (Å²) in [7, 11) is 1.81. The van der Waals surface area contributed by atoms with Crippen LogP contribution in [0.4, 0.5) is 0 Å². The Bertz CT molecular complexity index is 609. The average Bonchev–Trinajstić information content (AvgIpc) is 3.10. The third-order valence-corrected chi connectivity index (χ3v) is 5.01. The summed E-state index contributed by atoms with van der Waals surface area (Å²) in [5.41, 5.74) is 0.724. The number of nitrogens with zero attached hydrogens (tertiary/aromatic N) is 4. The lowest BCUT2D eigenvalue weighted by Gasteiger charge is -2.33. The van der Waals surface area contributed by atoms with Crippen LogP contribution in [0.1, 0.15) is 36.5 Å². The summed E-state index contributed by atoms with van der Waals surface area (Å²) in [5.74, 6) is 0.464. The molecule has 0 bridgehead atoms. The summed E-state index contributed by atoms with van der Waals surface area (Å²) in [6.07, 6.45) is 1.48. The van der Waals surface area contributed by atoms with E-state index in [9.17, 15) is 9.90 Å². The van der Waals surface area contributed by atoms with E-state index in [1.807, 2.05) is 13.1 Å². The van der Waals surface area contributed by atoms with Gasteiger partial charge in [0.25, 0.3) is 5.91 Å². The van der Waals surface area contributed by atoms with Crippen molar-refractivity contribution in [3.05, 3.63) is 17.5 Å². The minimum absolute atomic E-state index is 0.0390. The molecule has 0 aliphatic carbocycles. The first-order valence-electron chi connectivity index (χ1n) is 9.21. The highest BCUT2D eigenvalue weighted by atomic mass is 16.5. The molecule has 3 heterocycles. The highest BCUT2D eigenvalue weighted by Crippen LogP contribution is 2.25. The van der Waals surface area contributed by atoms with E-state index < -0.39 is 5.60 Å². The SMILES string of the molecule is CC(C)Cc1cc(C(=O)N2CCC(O)(CN3CCOCC3)C2)n(C)n1. The first-order valence-corrected chi connectivity index (χ1v) is 9.21. The van der Waals surface area contributed by atoms with Crippen LogP contribution in [0.5, 0.6) is 0 Å². The number of morpholine rings is 1. The van der Waals surface area contributed by atoms with Crippen LogP contribution in [0.15, 0.2) is 6.07 Å². The van der Waals surface area contributed by atoms with Gasteiger partial charge in [-0.05, 0) is 24.8 Å². The molecular formula is C18H30N4O3. The monoisotopic (exact) mass is 350 g/mol. The van der Waals surface area contributed by atoms with Crippen molar-refractivity contribution >= 4 is 5.91 Å². The number of hydrogen-bond acceptors (Lipinski definition) is 5. The maximum atomic E-state index is 12.9. The molecule has 0 saturated carbocycles. The van der Waals surface area contributed by atoms with Crippen LogP contribution in [-0.4, -0.2) is 82.1 Å². The van der Waals surface area contributed by atoms with Crippen LogP contribution in [0.25, 0.3) is 0 Å². The van der Waals surface area contributed by atoms with E-state index in [0.29, 0.717) is 50.9 Å². The van der Waals surface area contributed by atoms with E-state index in [-0.39, 0.29) is 5.91 Å². The molecule has 1 atom stereocenters. The zero-order valence-electron chi connectivity index (χ0n) is 15.6. The molecule has 2 saturated heterocycles. The van der Waals surface area contributed by atoms with Gasteiger partial charge in [-0.2, -0.15) is 5.10 Å². The molecule has 2 aliphatic rings. The van der Waals surface area contributed by atoms with Gasteiger partial charge >= 0.3 is 0 Å². The van der Waals surface area contributed by atoms with Gasteiger partial charge in [-0.15, -0.1) is 0 Å². The lowest BCUT2D eigenvalue weighted by molar-refractivity contribution is -0.0257. The molecular weight excluding hydrogens is 320 g/mol. The zero-order valence-corrected chi connectivity index (χ0v) is 15.6. The van der Waals surface area contributed by atoms with Crippen LogP contribution in [0.2, 0.25) is 0 Å². The molecule has 0 spiro atoms. The summed E-state index contributed by atoms with van der Waals surface area (Å²) < 4.78 is 7.03. The Morgan fingerprint density at radius 1 is 1.36 bits per heavy atom. The van der Waals surface area contributed by atoms with Crippen molar-refractivity contribution in [2.45, 2.75) is 32.3 Å². The van der Waals surface area contributed by atoms with Gasteiger partial charge in [-0.25, -0.2) is 0 Å². The summed E-state index contributed by atoms with van der Waals surface area (Å²) in [6.45, 7) is 8.97. The second-order valence-corrected chi connectivity index (χ2v) is 7.83. The van der Waals surface area contributed by atoms with Gasteiger partial charge in [-0.3, -0.25) is 14.4 Å². The van der Waals surface area contributed by atoms with E-state index in [1.165, 1.54) is 0 Å². The van der Waals surface area contributed by atoms with Crippen molar-refractivity contribution in [2.75, 3.05) is 45.9 Å². The van der Waals surface area contributed by atoms with Crippen molar-refractivity contribution in [1.82, 2.24) is 19.6 Å². The minimum atomic E-state index is -0.827. The number of rotatable bonds is 5. The summed E-state index contributed by atoms with van der Waals surface area (Å²) >= 11 is 0. The van der Waals surface area contributed by atoms with Crippen LogP contribution in [0, 0.1) is 5.92 Å². The molecule has 1 aromatic heterocycles. The fraction of sp³-hybridized carbons (Fsp3) is 0.778. The Kier molecular flexibility index (Phi) is 5.46. The molecule has 1 unspecified atom stereocenters. The van der Waals surface area contributed by atoms with Crippen molar-refractivity contribution in [3.8, 4) is 0 Å². The first kappa shape index (κ1) is 18.4. The Balaban J connectivity index is 1.63. The molecule has 0 radical (unpaired) electrons. The molecule has 1 amide bonds. The van der Waals surface area contributed by atoms with Gasteiger partial charge in [0, 0.05) is 33.2 Å². The van der Waals surface area contributed by atoms with Crippen LogP contribution in [-0.2, 0) is 18.2 Å².